The monoisotopic (exact) mass is 267 g/mol. The molecule has 15 heavy (non-hydrogen) atoms. The molecule has 84 valence electrons. The normalized spacial score (nSPS) is 22.1. The SMILES string of the molecule is Cl.O=S(c1ccc(Cl)nn1)[C@H]1CCNC1. The maximum absolute atomic E-state index is 11.9. The van der Waals surface area contributed by atoms with Gasteiger partial charge in [0, 0.05) is 6.54 Å². The Balaban J connectivity index is 0.00000112. The van der Waals surface area contributed by atoms with Crippen molar-refractivity contribution in [1.82, 2.24) is 15.5 Å². The van der Waals surface area contributed by atoms with Gasteiger partial charge in [-0.3, -0.25) is 4.21 Å². The summed E-state index contributed by atoms with van der Waals surface area (Å²) in [6.45, 7) is 1.72. The summed E-state index contributed by atoms with van der Waals surface area (Å²) in [7, 11) is -1.06. The Morgan fingerprint density at radius 2 is 2.27 bits per heavy atom. The van der Waals surface area contributed by atoms with Crippen LogP contribution in [-0.2, 0) is 10.8 Å². The predicted octanol–water partition coefficient (Wildman–Crippen LogP) is 1.02. The first kappa shape index (κ1) is 12.8. The zero-order valence-electron chi connectivity index (χ0n) is 7.85. The van der Waals surface area contributed by atoms with Crippen molar-refractivity contribution in [1.29, 1.82) is 0 Å². The van der Waals surface area contributed by atoms with Gasteiger partial charge in [0.15, 0.2) is 5.15 Å². The van der Waals surface area contributed by atoms with Crippen LogP contribution in [0.25, 0.3) is 0 Å². The van der Waals surface area contributed by atoms with E-state index >= 15 is 0 Å². The minimum atomic E-state index is -1.06. The Bertz CT molecular complexity index is 340. The van der Waals surface area contributed by atoms with Crippen molar-refractivity contribution in [3.63, 3.8) is 0 Å². The fourth-order valence-electron chi connectivity index (χ4n) is 1.39. The van der Waals surface area contributed by atoms with Gasteiger partial charge >= 0.3 is 0 Å². The van der Waals surface area contributed by atoms with E-state index in [-0.39, 0.29) is 17.7 Å². The molecular formula is C8H11Cl2N3OS. The van der Waals surface area contributed by atoms with Crippen LogP contribution in [0.3, 0.4) is 0 Å². The minimum absolute atomic E-state index is 0. The molecule has 1 unspecified atom stereocenters. The topological polar surface area (TPSA) is 54.9 Å². The van der Waals surface area contributed by atoms with Crippen LogP contribution >= 0.6 is 24.0 Å². The number of nitrogens with one attached hydrogen (secondary N) is 1. The van der Waals surface area contributed by atoms with Crippen molar-refractivity contribution in [2.75, 3.05) is 13.1 Å². The van der Waals surface area contributed by atoms with Crippen LogP contribution in [0.2, 0.25) is 5.15 Å². The van der Waals surface area contributed by atoms with Gasteiger partial charge in [-0.05, 0) is 25.1 Å². The van der Waals surface area contributed by atoms with E-state index in [4.69, 9.17) is 11.6 Å². The zero-order valence-corrected chi connectivity index (χ0v) is 10.2. The highest BCUT2D eigenvalue weighted by Crippen LogP contribution is 2.14. The van der Waals surface area contributed by atoms with Crippen LogP contribution < -0.4 is 5.32 Å². The van der Waals surface area contributed by atoms with Crippen LogP contribution in [0, 0.1) is 0 Å². The van der Waals surface area contributed by atoms with Gasteiger partial charge < -0.3 is 5.32 Å². The van der Waals surface area contributed by atoms with Crippen molar-refractivity contribution in [3.05, 3.63) is 17.3 Å². The van der Waals surface area contributed by atoms with E-state index in [9.17, 15) is 4.21 Å². The number of halogens is 2. The molecule has 0 saturated carbocycles. The number of aromatic nitrogens is 2. The van der Waals surface area contributed by atoms with Crippen molar-refractivity contribution in [2.45, 2.75) is 16.7 Å². The molecule has 2 rings (SSSR count). The molecule has 0 aliphatic carbocycles. The van der Waals surface area contributed by atoms with Crippen LogP contribution in [-0.4, -0.2) is 32.7 Å². The van der Waals surface area contributed by atoms with E-state index in [1.54, 1.807) is 12.1 Å². The quantitative estimate of drug-likeness (QED) is 0.870. The second kappa shape index (κ2) is 5.75. The Morgan fingerprint density at radius 1 is 1.47 bits per heavy atom. The van der Waals surface area contributed by atoms with Crippen LogP contribution in [0.15, 0.2) is 17.2 Å². The van der Waals surface area contributed by atoms with Crippen molar-refractivity contribution < 1.29 is 4.21 Å². The largest absolute Gasteiger partial charge is 0.315 e. The third-order valence-electron chi connectivity index (χ3n) is 2.13. The highest BCUT2D eigenvalue weighted by atomic mass is 35.5. The molecular weight excluding hydrogens is 257 g/mol. The minimum Gasteiger partial charge on any atom is -0.315 e. The fourth-order valence-corrected chi connectivity index (χ4v) is 2.76. The molecule has 1 saturated heterocycles. The summed E-state index contributed by atoms with van der Waals surface area (Å²) in [6, 6.07) is 3.29. The van der Waals surface area contributed by atoms with E-state index in [2.05, 4.69) is 15.5 Å². The van der Waals surface area contributed by atoms with E-state index in [1.165, 1.54) is 0 Å². The summed E-state index contributed by atoms with van der Waals surface area (Å²) in [4.78, 5) is 0. The number of hydrogen-bond acceptors (Lipinski definition) is 4. The molecule has 0 bridgehead atoms. The van der Waals surface area contributed by atoms with Gasteiger partial charge in [0.2, 0.25) is 0 Å². The summed E-state index contributed by atoms with van der Waals surface area (Å²) in [5.74, 6) is 0. The molecule has 1 aromatic heterocycles. The van der Waals surface area contributed by atoms with Crippen molar-refractivity contribution in [2.24, 2.45) is 0 Å². The second-order valence-corrected chi connectivity index (χ2v) is 5.17. The molecule has 2 atom stereocenters. The third-order valence-corrected chi connectivity index (χ3v) is 3.97. The fraction of sp³-hybridized carbons (Fsp3) is 0.500. The molecule has 7 heteroatoms. The van der Waals surface area contributed by atoms with Gasteiger partial charge in [0.25, 0.3) is 0 Å². The van der Waals surface area contributed by atoms with E-state index in [0.717, 1.165) is 19.5 Å². The number of rotatable bonds is 2. The molecule has 1 aliphatic rings. The van der Waals surface area contributed by atoms with Crippen molar-refractivity contribution in [3.8, 4) is 0 Å². The molecule has 1 aliphatic heterocycles. The molecule has 1 N–H and O–H groups in total. The molecule has 0 radical (unpaired) electrons. The van der Waals surface area contributed by atoms with Gasteiger partial charge in [-0.25, -0.2) is 0 Å². The lowest BCUT2D eigenvalue weighted by Gasteiger charge is -2.06. The van der Waals surface area contributed by atoms with Gasteiger partial charge in [-0.15, -0.1) is 22.6 Å². The summed E-state index contributed by atoms with van der Waals surface area (Å²) < 4.78 is 11.9. The first-order valence-corrected chi connectivity index (χ1v) is 5.97. The van der Waals surface area contributed by atoms with Gasteiger partial charge in [0.05, 0.1) is 16.0 Å². The highest BCUT2D eigenvalue weighted by molar-refractivity contribution is 7.85. The summed E-state index contributed by atoms with van der Waals surface area (Å²) in [5, 5.41) is 11.7. The maximum Gasteiger partial charge on any atom is 0.151 e. The lowest BCUT2D eigenvalue weighted by atomic mass is 10.4. The highest BCUT2D eigenvalue weighted by Gasteiger charge is 2.23. The molecule has 0 spiro atoms. The lowest BCUT2D eigenvalue weighted by molar-refractivity contribution is 0.667. The average molecular weight is 268 g/mol. The van der Waals surface area contributed by atoms with Gasteiger partial charge in [-0.2, -0.15) is 0 Å². The first-order valence-electron chi connectivity index (χ1n) is 4.38. The molecule has 2 heterocycles. The Labute approximate surface area is 102 Å². The van der Waals surface area contributed by atoms with Gasteiger partial charge in [0.1, 0.15) is 5.03 Å². The van der Waals surface area contributed by atoms with Crippen molar-refractivity contribution >= 4 is 34.8 Å². The third kappa shape index (κ3) is 3.11. The van der Waals surface area contributed by atoms with E-state index < -0.39 is 10.8 Å². The first-order chi connectivity index (χ1) is 6.77. The molecule has 4 nitrogen and oxygen atoms in total. The average Bonchev–Trinajstić information content (AvgIpc) is 2.71. The smallest absolute Gasteiger partial charge is 0.151 e. The van der Waals surface area contributed by atoms with E-state index in [1.807, 2.05) is 0 Å². The molecule has 1 fully saturated rings. The molecule has 0 amide bonds. The Morgan fingerprint density at radius 3 is 2.80 bits per heavy atom. The van der Waals surface area contributed by atoms with Crippen LogP contribution in [0.4, 0.5) is 0 Å². The van der Waals surface area contributed by atoms with E-state index in [0.29, 0.717) is 10.2 Å². The lowest BCUT2D eigenvalue weighted by Crippen LogP contribution is -2.19. The Hall–Kier alpha value is -0.230. The maximum atomic E-state index is 11.9. The molecule has 1 aromatic rings. The standard InChI is InChI=1S/C8H10ClN3OS.ClH/c9-7-1-2-8(12-11-7)14(13)6-3-4-10-5-6;/h1-2,6,10H,3-5H2;1H/t6-,14?;/m0./s1. The summed E-state index contributed by atoms with van der Waals surface area (Å²) >= 11 is 5.59. The summed E-state index contributed by atoms with van der Waals surface area (Å²) in [5.41, 5.74) is 0. The zero-order chi connectivity index (χ0) is 9.97. The predicted molar refractivity (Wildman–Crippen MR) is 62.0 cm³/mol. The Kier molecular flexibility index (Phi) is 4.92. The molecule has 0 aromatic carbocycles. The number of nitrogens with zero attached hydrogens (tertiary/aromatic N) is 2. The van der Waals surface area contributed by atoms with Crippen LogP contribution in [0.5, 0.6) is 0 Å². The summed E-state index contributed by atoms with van der Waals surface area (Å²) in [6.07, 6.45) is 0.927. The number of hydrogen-bond donors (Lipinski definition) is 1. The van der Waals surface area contributed by atoms with Crippen LogP contribution in [0.1, 0.15) is 6.42 Å². The van der Waals surface area contributed by atoms with Gasteiger partial charge in [-0.1, -0.05) is 11.6 Å². The second-order valence-electron chi connectivity index (χ2n) is 3.11.